The monoisotopic (exact) mass is 581 g/mol. The summed E-state index contributed by atoms with van der Waals surface area (Å²) in [5.41, 5.74) is 6.65. The number of carbonyl (C=O) groups excluding carboxylic acids is 2. The molecule has 4 N–H and O–H groups in total. The van der Waals surface area contributed by atoms with Crippen LogP contribution in [0.4, 0.5) is 18.9 Å². The quantitative estimate of drug-likeness (QED) is 0.345. The number of pyridine rings is 1. The number of halogens is 3. The number of esters is 1. The van der Waals surface area contributed by atoms with Crippen molar-refractivity contribution in [1.82, 2.24) is 15.5 Å². The number of anilines is 1. The van der Waals surface area contributed by atoms with Crippen molar-refractivity contribution >= 4 is 28.5 Å². The number of nitrogens with one attached hydrogen (secondary N) is 1. The van der Waals surface area contributed by atoms with Crippen molar-refractivity contribution in [2.45, 2.75) is 51.4 Å². The van der Waals surface area contributed by atoms with Gasteiger partial charge in [-0.25, -0.2) is 14.8 Å². The molecule has 1 saturated heterocycles. The number of aliphatic hydroxyl groups excluding tert-OH is 1. The van der Waals surface area contributed by atoms with Crippen LogP contribution in [0.1, 0.15) is 39.3 Å². The molecule has 41 heavy (non-hydrogen) atoms. The molecule has 2 aliphatic heterocycles. The number of hydrogen-bond donors (Lipinski definition) is 3. The van der Waals surface area contributed by atoms with Gasteiger partial charge in [0.15, 0.2) is 11.5 Å². The van der Waals surface area contributed by atoms with Crippen LogP contribution >= 0.6 is 0 Å². The van der Waals surface area contributed by atoms with Crippen LogP contribution in [0.2, 0.25) is 0 Å². The normalized spacial score (nSPS) is 19.0. The molecule has 0 bridgehead atoms. The molecular weight excluding hydrogens is 547 g/mol. The van der Waals surface area contributed by atoms with Crippen LogP contribution < -0.4 is 21.1 Å². The van der Waals surface area contributed by atoms with Gasteiger partial charge in [0.05, 0.1) is 25.4 Å². The van der Waals surface area contributed by atoms with E-state index in [1.54, 1.807) is 26.8 Å². The number of fused-ring (bicyclic) bond motifs is 1. The van der Waals surface area contributed by atoms with E-state index in [9.17, 15) is 22.8 Å². The molecule has 0 aliphatic carbocycles. The molecule has 0 spiro atoms. The number of amides is 1. The highest BCUT2D eigenvalue weighted by molar-refractivity contribution is 6.04. The first-order valence-electron chi connectivity index (χ1n) is 12.5. The lowest BCUT2D eigenvalue weighted by Crippen LogP contribution is -2.53. The number of terminal acetylenes is 1. The molecule has 1 unspecified atom stereocenters. The van der Waals surface area contributed by atoms with Crippen molar-refractivity contribution in [3.05, 3.63) is 41.4 Å². The Labute approximate surface area is 235 Å². The van der Waals surface area contributed by atoms with Crippen molar-refractivity contribution in [2.24, 2.45) is 5.73 Å². The van der Waals surface area contributed by atoms with Gasteiger partial charge in [-0.2, -0.15) is 13.2 Å². The second-order valence-corrected chi connectivity index (χ2v) is 8.96. The summed E-state index contributed by atoms with van der Waals surface area (Å²) < 4.78 is 50.6. The molecule has 224 valence electrons. The van der Waals surface area contributed by atoms with Gasteiger partial charge in [-0.15, -0.1) is 12.8 Å². The SMILES string of the molecule is C#C.CCOC(=O)C1(C)CCCN1C(=O)C1=C([C@H](C)N)ONN1c1ccc(OC)c2nc(C(F)(F)F)ccc12.CO. The molecule has 2 aliphatic rings. The number of likely N-dealkylation sites (tertiary alicyclic amines) is 1. The van der Waals surface area contributed by atoms with Gasteiger partial charge < -0.3 is 30.1 Å². The largest absolute Gasteiger partial charge is 0.494 e. The second kappa shape index (κ2) is 13.5. The topological polar surface area (TPSA) is 139 Å². The van der Waals surface area contributed by atoms with Crippen molar-refractivity contribution in [3.8, 4) is 18.6 Å². The minimum atomic E-state index is -4.67. The van der Waals surface area contributed by atoms with E-state index in [0.717, 1.165) is 13.2 Å². The van der Waals surface area contributed by atoms with Crippen molar-refractivity contribution < 1.29 is 42.2 Å². The average molecular weight is 582 g/mol. The van der Waals surface area contributed by atoms with Crippen LogP contribution in [-0.2, 0) is 25.3 Å². The number of hydrazine groups is 1. The molecule has 0 radical (unpaired) electrons. The number of nitrogens with two attached hydrogens (primary N) is 1. The molecule has 1 aromatic carbocycles. The first-order chi connectivity index (χ1) is 19.4. The molecule has 2 aromatic rings. The Hall–Kier alpha value is -4.06. The summed E-state index contributed by atoms with van der Waals surface area (Å²) in [6.45, 7) is 5.39. The maximum Gasteiger partial charge on any atom is 0.433 e. The number of hydrogen-bond acceptors (Lipinski definition) is 10. The highest BCUT2D eigenvalue weighted by Gasteiger charge is 2.50. The van der Waals surface area contributed by atoms with E-state index < -0.39 is 35.3 Å². The fourth-order valence-corrected chi connectivity index (χ4v) is 4.59. The fraction of sp³-hybridized carbons (Fsp3) is 0.444. The summed E-state index contributed by atoms with van der Waals surface area (Å²) in [5, 5.41) is 8.55. The van der Waals surface area contributed by atoms with Gasteiger partial charge in [-0.1, -0.05) is 5.59 Å². The lowest BCUT2D eigenvalue weighted by molar-refractivity contribution is -0.159. The number of alkyl halides is 3. The minimum absolute atomic E-state index is 0.00112. The molecule has 11 nitrogen and oxygen atoms in total. The predicted octanol–water partition coefficient (Wildman–Crippen LogP) is 2.88. The standard InChI is InChI=1S/C24H28F3N5O5.C2H2.CH4O/c1-5-36-22(34)23(3)11-6-12-31(23)21(33)19-20(13(2)28)37-30-32(19)15-8-9-16(35-4)18-14(15)7-10-17(29-18)24(25,26)27;2*1-2/h7-10,13,30H,5-6,11-12,28H2,1-4H3;1-2H;2H,1H3/t13-,23?;;/m0../s1. The zero-order valence-corrected chi connectivity index (χ0v) is 23.4. The first-order valence-corrected chi connectivity index (χ1v) is 12.5. The van der Waals surface area contributed by atoms with Gasteiger partial charge in [0.1, 0.15) is 22.5 Å². The highest BCUT2D eigenvalue weighted by atomic mass is 19.4. The number of methoxy groups -OCH3 is 1. The van der Waals surface area contributed by atoms with E-state index >= 15 is 0 Å². The van der Waals surface area contributed by atoms with Gasteiger partial charge in [-0.3, -0.25) is 4.79 Å². The Balaban J connectivity index is 0.00000141. The third-order valence-corrected chi connectivity index (χ3v) is 6.47. The van der Waals surface area contributed by atoms with E-state index in [2.05, 4.69) is 23.4 Å². The zero-order chi connectivity index (χ0) is 31.1. The molecule has 2 atom stereocenters. The van der Waals surface area contributed by atoms with Crippen LogP contribution in [0.3, 0.4) is 0 Å². The lowest BCUT2D eigenvalue weighted by atomic mass is 9.98. The predicted molar refractivity (Wildman–Crippen MR) is 145 cm³/mol. The molecule has 1 aromatic heterocycles. The van der Waals surface area contributed by atoms with Crippen LogP contribution in [-0.4, -0.2) is 65.8 Å². The molecule has 1 fully saturated rings. The Morgan fingerprint density at radius 3 is 2.49 bits per heavy atom. The van der Waals surface area contributed by atoms with Gasteiger partial charge in [0, 0.05) is 19.0 Å². The smallest absolute Gasteiger partial charge is 0.433 e. The third-order valence-electron chi connectivity index (χ3n) is 6.47. The molecule has 3 heterocycles. The third kappa shape index (κ3) is 6.32. The Morgan fingerprint density at radius 2 is 1.93 bits per heavy atom. The number of ether oxygens (including phenoxy) is 2. The van der Waals surface area contributed by atoms with E-state index in [1.807, 2.05) is 0 Å². The number of nitrogens with zero attached hydrogens (tertiary/aromatic N) is 3. The second-order valence-electron chi connectivity index (χ2n) is 8.96. The molecule has 1 amide bonds. The van der Waals surface area contributed by atoms with E-state index in [1.165, 1.54) is 29.2 Å². The van der Waals surface area contributed by atoms with Crippen molar-refractivity contribution in [2.75, 3.05) is 32.4 Å². The van der Waals surface area contributed by atoms with Crippen LogP contribution in [0.5, 0.6) is 5.75 Å². The fourth-order valence-electron chi connectivity index (χ4n) is 4.59. The molecule has 4 rings (SSSR count). The van der Waals surface area contributed by atoms with Crippen molar-refractivity contribution in [1.29, 1.82) is 0 Å². The van der Waals surface area contributed by atoms with Gasteiger partial charge >= 0.3 is 12.1 Å². The van der Waals surface area contributed by atoms with E-state index in [-0.39, 0.29) is 46.9 Å². The summed E-state index contributed by atoms with van der Waals surface area (Å²) in [6.07, 6.45) is 4.31. The average Bonchev–Trinajstić information content (AvgIpc) is 3.58. The number of rotatable bonds is 6. The molecule has 0 saturated carbocycles. The Bertz CT molecular complexity index is 1310. The van der Waals surface area contributed by atoms with Crippen LogP contribution in [0.15, 0.2) is 35.7 Å². The number of carbonyl (C=O) groups is 2. The summed E-state index contributed by atoms with van der Waals surface area (Å²) in [5.74, 6) is -0.856. The molecule has 14 heteroatoms. The summed E-state index contributed by atoms with van der Waals surface area (Å²) in [6, 6.07) is 4.36. The van der Waals surface area contributed by atoms with E-state index in [0.29, 0.717) is 12.8 Å². The zero-order valence-electron chi connectivity index (χ0n) is 23.4. The summed E-state index contributed by atoms with van der Waals surface area (Å²) in [4.78, 5) is 37.5. The number of aliphatic hydroxyl groups is 1. The number of benzene rings is 1. The van der Waals surface area contributed by atoms with E-state index in [4.69, 9.17) is 25.2 Å². The maximum atomic E-state index is 14.0. The summed E-state index contributed by atoms with van der Waals surface area (Å²) >= 11 is 0. The van der Waals surface area contributed by atoms with Crippen molar-refractivity contribution in [3.63, 3.8) is 0 Å². The van der Waals surface area contributed by atoms with Crippen LogP contribution in [0.25, 0.3) is 10.9 Å². The Morgan fingerprint density at radius 1 is 1.27 bits per heavy atom. The lowest BCUT2D eigenvalue weighted by Gasteiger charge is -2.34. The maximum absolute atomic E-state index is 14.0. The van der Waals surface area contributed by atoms with Gasteiger partial charge in [0.2, 0.25) is 0 Å². The van der Waals surface area contributed by atoms with Gasteiger partial charge in [0.25, 0.3) is 5.91 Å². The summed E-state index contributed by atoms with van der Waals surface area (Å²) in [7, 11) is 2.32. The minimum Gasteiger partial charge on any atom is -0.494 e. The molecular formula is C27H34F3N5O6. The number of aromatic nitrogens is 1. The highest BCUT2D eigenvalue weighted by Crippen LogP contribution is 2.40. The first kappa shape index (κ1) is 33.1. The van der Waals surface area contributed by atoms with Crippen LogP contribution in [0, 0.1) is 12.8 Å². The Kier molecular flexibility index (Phi) is 10.9. The van der Waals surface area contributed by atoms with Gasteiger partial charge in [-0.05, 0) is 57.9 Å².